The molecule has 0 aromatic heterocycles. The van der Waals surface area contributed by atoms with Gasteiger partial charge in [-0.3, -0.25) is 13.6 Å². The summed E-state index contributed by atoms with van der Waals surface area (Å²) in [4.78, 5) is 0. The largest absolute Gasteiger partial charge is 0.528 e. The Labute approximate surface area is 169 Å². The highest BCUT2D eigenvalue weighted by molar-refractivity contribution is 7.43. The molecule has 3 rings (SSSR count). The summed E-state index contributed by atoms with van der Waals surface area (Å²) in [6, 6.07) is 18.3. The quantitative estimate of drug-likeness (QED) is 0.419. The van der Waals surface area contributed by atoms with Gasteiger partial charge < -0.3 is 0 Å². The minimum Gasteiger partial charge on any atom is -0.273 e. The molecule has 0 aliphatic heterocycles. The molecule has 0 N–H and O–H groups in total. The molecule has 146 valence electrons. The molecule has 0 saturated carbocycles. The molecule has 0 amide bonds. The average Bonchev–Trinajstić information content (AvgIpc) is 2.62. The van der Waals surface area contributed by atoms with E-state index in [4.69, 9.17) is 13.6 Å². The van der Waals surface area contributed by atoms with Gasteiger partial charge in [-0.25, -0.2) is 0 Å². The van der Waals surface area contributed by atoms with Crippen LogP contribution in [0, 0.1) is 41.5 Å². The average molecular weight is 395 g/mol. The first kappa shape index (κ1) is 20.2. The lowest BCUT2D eigenvalue weighted by molar-refractivity contribution is 0.385. The van der Waals surface area contributed by atoms with Crippen molar-refractivity contribution in [2.24, 2.45) is 0 Å². The fourth-order valence-electron chi connectivity index (χ4n) is 3.07. The highest BCUT2D eigenvalue weighted by Crippen LogP contribution is 2.44. The van der Waals surface area contributed by atoms with Gasteiger partial charge in [0.15, 0.2) is 17.2 Å². The van der Waals surface area contributed by atoms with Crippen LogP contribution in [0.5, 0.6) is 17.2 Å². The molecule has 0 spiro atoms. The Morgan fingerprint density at radius 2 is 0.750 bits per heavy atom. The van der Waals surface area contributed by atoms with Crippen molar-refractivity contribution in [2.75, 3.05) is 0 Å². The van der Waals surface area contributed by atoms with E-state index in [1.165, 1.54) is 16.7 Å². The maximum atomic E-state index is 6.24. The number of aryl methyl sites for hydroxylation is 6. The van der Waals surface area contributed by atoms with Crippen LogP contribution in [0.3, 0.4) is 0 Å². The normalized spacial score (nSPS) is 10.8. The highest BCUT2D eigenvalue weighted by atomic mass is 31.2. The lowest BCUT2D eigenvalue weighted by Gasteiger charge is -2.14. The van der Waals surface area contributed by atoms with Gasteiger partial charge in [-0.2, -0.15) is 0 Å². The number of rotatable bonds is 6. The summed E-state index contributed by atoms with van der Waals surface area (Å²) in [7, 11) is -2.11. The number of benzene rings is 3. The van der Waals surface area contributed by atoms with E-state index in [1.807, 2.05) is 57.2 Å². The molecule has 0 aliphatic carbocycles. The van der Waals surface area contributed by atoms with Crippen molar-refractivity contribution in [3.63, 3.8) is 0 Å². The first-order chi connectivity index (χ1) is 13.3. The Kier molecular flexibility index (Phi) is 6.26. The van der Waals surface area contributed by atoms with Gasteiger partial charge in [0, 0.05) is 0 Å². The molecule has 3 aromatic carbocycles. The Balaban J connectivity index is 1.90. The summed E-state index contributed by atoms with van der Waals surface area (Å²) in [6.07, 6.45) is 0. The van der Waals surface area contributed by atoms with Crippen LogP contribution in [0.4, 0.5) is 0 Å². The topological polar surface area (TPSA) is 27.7 Å². The zero-order valence-corrected chi connectivity index (χ0v) is 18.4. The summed E-state index contributed by atoms with van der Waals surface area (Å²) in [5, 5.41) is 0. The van der Waals surface area contributed by atoms with Gasteiger partial charge in [-0.05, 0) is 76.4 Å². The van der Waals surface area contributed by atoms with Crippen molar-refractivity contribution in [2.45, 2.75) is 41.5 Å². The van der Waals surface area contributed by atoms with Crippen LogP contribution < -0.4 is 13.6 Å². The third kappa shape index (κ3) is 5.05. The smallest absolute Gasteiger partial charge is 0.273 e. The summed E-state index contributed by atoms with van der Waals surface area (Å²) < 4.78 is 18.7. The standard InChI is InChI=1S/C24H28O3P/c1-16-7-10-22(19(4)13-16)25-28(26-23-11-8-17(2)14-20(23)5)27-24-12-9-18(3)15-21(24)6/h7-15,28H,1-6H3/q+1. The number of hydrogen-bond acceptors (Lipinski definition) is 3. The van der Waals surface area contributed by atoms with Crippen molar-refractivity contribution < 1.29 is 13.6 Å². The van der Waals surface area contributed by atoms with Crippen LogP contribution >= 0.6 is 8.60 Å². The third-order valence-electron chi connectivity index (χ3n) is 4.57. The lowest BCUT2D eigenvalue weighted by atomic mass is 10.1. The Bertz CT molecular complexity index is 854. The molecule has 0 saturated heterocycles. The molecule has 3 nitrogen and oxygen atoms in total. The fourth-order valence-corrected chi connectivity index (χ4v) is 4.42. The van der Waals surface area contributed by atoms with E-state index in [1.54, 1.807) is 0 Å². The molecular formula is C24H28O3P+. The third-order valence-corrected chi connectivity index (χ3v) is 5.73. The molecule has 0 radical (unpaired) electrons. The first-order valence-corrected chi connectivity index (χ1v) is 10.7. The molecule has 0 bridgehead atoms. The minimum absolute atomic E-state index is 0.786. The lowest BCUT2D eigenvalue weighted by Crippen LogP contribution is -2.05. The summed E-state index contributed by atoms with van der Waals surface area (Å²) in [6.45, 7) is 12.3. The SMILES string of the molecule is Cc1ccc(O[PH+](Oc2ccc(C)cc2C)Oc2ccc(C)cc2C)c(C)c1. The molecule has 3 aromatic rings. The Hall–Kier alpha value is -2.51. The summed E-state index contributed by atoms with van der Waals surface area (Å²) in [5.41, 5.74) is 6.79. The van der Waals surface area contributed by atoms with E-state index >= 15 is 0 Å². The zero-order chi connectivity index (χ0) is 20.3. The highest BCUT2D eigenvalue weighted by Gasteiger charge is 2.27. The summed E-state index contributed by atoms with van der Waals surface area (Å²) >= 11 is 0. The van der Waals surface area contributed by atoms with Gasteiger partial charge in [0.2, 0.25) is 0 Å². The Morgan fingerprint density at radius 3 is 1.00 bits per heavy atom. The van der Waals surface area contributed by atoms with E-state index in [-0.39, 0.29) is 0 Å². The van der Waals surface area contributed by atoms with E-state index in [9.17, 15) is 0 Å². The van der Waals surface area contributed by atoms with Gasteiger partial charge in [-0.1, -0.05) is 53.1 Å². The maximum absolute atomic E-state index is 6.24. The zero-order valence-electron chi connectivity index (χ0n) is 17.4. The molecule has 0 fully saturated rings. The van der Waals surface area contributed by atoms with Crippen LogP contribution in [0.2, 0.25) is 0 Å². The van der Waals surface area contributed by atoms with Gasteiger partial charge in [0.05, 0.1) is 0 Å². The van der Waals surface area contributed by atoms with Crippen LogP contribution in [0.25, 0.3) is 0 Å². The van der Waals surface area contributed by atoms with Crippen LogP contribution in [0.1, 0.15) is 33.4 Å². The molecule has 28 heavy (non-hydrogen) atoms. The van der Waals surface area contributed by atoms with Gasteiger partial charge >= 0.3 is 8.60 Å². The van der Waals surface area contributed by atoms with Crippen molar-refractivity contribution >= 4 is 8.60 Å². The minimum atomic E-state index is -2.11. The molecule has 0 unspecified atom stereocenters. The van der Waals surface area contributed by atoms with Gasteiger partial charge in [0.25, 0.3) is 0 Å². The molecular weight excluding hydrogens is 367 g/mol. The molecule has 4 heteroatoms. The van der Waals surface area contributed by atoms with E-state index < -0.39 is 8.60 Å². The van der Waals surface area contributed by atoms with Crippen molar-refractivity contribution in [3.8, 4) is 17.2 Å². The maximum Gasteiger partial charge on any atom is 0.528 e. The van der Waals surface area contributed by atoms with Crippen LogP contribution in [0.15, 0.2) is 54.6 Å². The number of hydrogen-bond donors (Lipinski definition) is 0. The van der Waals surface area contributed by atoms with E-state index in [2.05, 4.69) is 39.0 Å². The van der Waals surface area contributed by atoms with Crippen molar-refractivity contribution in [1.29, 1.82) is 0 Å². The van der Waals surface area contributed by atoms with Crippen molar-refractivity contribution in [3.05, 3.63) is 88.0 Å². The predicted molar refractivity (Wildman–Crippen MR) is 118 cm³/mol. The predicted octanol–water partition coefficient (Wildman–Crippen LogP) is 7.03. The van der Waals surface area contributed by atoms with Crippen LogP contribution in [-0.4, -0.2) is 0 Å². The van der Waals surface area contributed by atoms with Gasteiger partial charge in [-0.15, -0.1) is 0 Å². The second-order valence-electron chi connectivity index (χ2n) is 7.36. The van der Waals surface area contributed by atoms with Crippen molar-refractivity contribution in [1.82, 2.24) is 0 Å². The molecule has 0 aliphatic rings. The molecule has 0 atom stereocenters. The second-order valence-corrected chi connectivity index (χ2v) is 8.48. The second kappa shape index (κ2) is 8.67. The molecule has 0 heterocycles. The monoisotopic (exact) mass is 395 g/mol. The van der Waals surface area contributed by atoms with Gasteiger partial charge in [0.1, 0.15) is 0 Å². The summed E-state index contributed by atoms with van der Waals surface area (Å²) in [5.74, 6) is 2.36. The van der Waals surface area contributed by atoms with E-state index in [0.29, 0.717) is 0 Å². The Morgan fingerprint density at radius 1 is 0.464 bits per heavy atom. The first-order valence-electron chi connectivity index (χ1n) is 9.44. The fraction of sp³-hybridized carbons (Fsp3) is 0.250. The van der Waals surface area contributed by atoms with E-state index in [0.717, 1.165) is 33.9 Å². The van der Waals surface area contributed by atoms with Crippen LogP contribution in [-0.2, 0) is 0 Å².